The highest BCUT2D eigenvalue weighted by Gasteiger charge is 2.15. The van der Waals surface area contributed by atoms with E-state index in [1.807, 2.05) is 0 Å². The lowest BCUT2D eigenvalue weighted by molar-refractivity contribution is 1.28. The van der Waals surface area contributed by atoms with Crippen LogP contribution in [0, 0.1) is 0 Å². The SMILES string of the molecule is c1ccc(-c2ccc(-c3ccc(N(c4ccccc4)c4ccc(-c5cc6ccccc6cc5-c5ccccc5)cc4)cc3)cc2)cc1. The van der Waals surface area contributed by atoms with Gasteiger partial charge in [0.15, 0.2) is 0 Å². The molecule has 0 bridgehead atoms. The van der Waals surface area contributed by atoms with Gasteiger partial charge in [0.25, 0.3) is 0 Å². The minimum atomic E-state index is 1.11. The number of hydrogen-bond acceptors (Lipinski definition) is 1. The predicted octanol–water partition coefficient (Wildman–Crippen LogP) is 13.0. The van der Waals surface area contributed by atoms with Gasteiger partial charge in [0.1, 0.15) is 0 Å². The fraction of sp³-hybridized carbons (Fsp3) is 0. The minimum absolute atomic E-state index is 1.11. The molecule has 8 rings (SSSR count). The first-order valence-electron chi connectivity index (χ1n) is 16.1. The number of hydrogen-bond donors (Lipinski definition) is 0. The van der Waals surface area contributed by atoms with Gasteiger partial charge in [-0.1, -0.05) is 152 Å². The molecule has 222 valence electrons. The van der Waals surface area contributed by atoms with Gasteiger partial charge < -0.3 is 4.90 Å². The molecule has 47 heavy (non-hydrogen) atoms. The Morgan fingerprint density at radius 2 is 0.532 bits per heavy atom. The Morgan fingerprint density at radius 1 is 0.234 bits per heavy atom. The predicted molar refractivity (Wildman–Crippen MR) is 200 cm³/mol. The van der Waals surface area contributed by atoms with E-state index in [0.29, 0.717) is 0 Å². The Balaban J connectivity index is 1.14. The molecule has 1 heteroatoms. The third-order valence-corrected chi connectivity index (χ3v) is 8.87. The van der Waals surface area contributed by atoms with E-state index in [1.165, 1.54) is 55.3 Å². The first-order valence-corrected chi connectivity index (χ1v) is 16.1. The van der Waals surface area contributed by atoms with Gasteiger partial charge in [-0.25, -0.2) is 0 Å². The molecule has 8 aromatic rings. The topological polar surface area (TPSA) is 3.24 Å². The molecule has 0 aliphatic heterocycles. The standard InChI is InChI=1S/C46H33N/c1-4-12-34(13-5-1)35-20-22-36(23-21-35)37-24-28-43(29-25-37)47(42-18-8-3-9-19-42)44-30-26-39(27-31-44)46-33-41-17-11-10-16-40(41)32-45(46)38-14-6-2-7-15-38/h1-33H. The number of nitrogens with zero attached hydrogens (tertiary/aromatic N) is 1. The molecule has 0 aromatic heterocycles. The van der Waals surface area contributed by atoms with Crippen molar-refractivity contribution < 1.29 is 0 Å². The summed E-state index contributed by atoms with van der Waals surface area (Å²) in [6.45, 7) is 0. The van der Waals surface area contributed by atoms with Crippen LogP contribution < -0.4 is 4.90 Å². The average Bonchev–Trinajstić information content (AvgIpc) is 3.16. The Hall–Kier alpha value is -6.18. The molecule has 0 saturated heterocycles. The zero-order chi connectivity index (χ0) is 31.4. The first kappa shape index (κ1) is 28.3. The summed E-state index contributed by atoms with van der Waals surface area (Å²) in [5, 5.41) is 2.49. The minimum Gasteiger partial charge on any atom is -0.311 e. The fourth-order valence-corrected chi connectivity index (χ4v) is 6.44. The number of rotatable bonds is 7. The molecule has 0 fully saturated rings. The molecule has 0 aliphatic rings. The largest absolute Gasteiger partial charge is 0.311 e. The van der Waals surface area contributed by atoms with Crippen LogP contribution in [-0.2, 0) is 0 Å². The van der Waals surface area contributed by atoms with Gasteiger partial charge >= 0.3 is 0 Å². The van der Waals surface area contributed by atoms with Gasteiger partial charge in [-0.3, -0.25) is 0 Å². The maximum atomic E-state index is 2.33. The van der Waals surface area contributed by atoms with Crippen LogP contribution in [0.1, 0.15) is 0 Å². The maximum absolute atomic E-state index is 2.33. The van der Waals surface area contributed by atoms with Crippen LogP contribution in [-0.4, -0.2) is 0 Å². The lowest BCUT2D eigenvalue weighted by Crippen LogP contribution is -2.09. The number of benzene rings is 8. The van der Waals surface area contributed by atoms with Crippen molar-refractivity contribution in [1.29, 1.82) is 0 Å². The Morgan fingerprint density at radius 3 is 1.00 bits per heavy atom. The molecular weight excluding hydrogens is 567 g/mol. The molecule has 0 N–H and O–H groups in total. The van der Waals surface area contributed by atoms with E-state index in [-0.39, 0.29) is 0 Å². The summed E-state index contributed by atoms with van der Waals surface area (Å²) in [5.41, 5.74) is 13.1. The van der Waals surface area contributed by atoms with E-state index in [0.717, 1.165) is 17.1 Å². The molecule has 0 radical (unpaired) electrons. The van der Waals surface area contributed by atoms with Crippen LogP contribution in [0.3, 0.4) is 0 Å². The summed E-state index contributed by atoms with van der Waals surface area (Å²) >= 11 is 0. The zero-order valence-electron chi connectivity index (χ0n) is 26.0. The second kappa shape index (κ2) is 12.7. The van der Waals surface area contributed by atoms with Crippen molar-refractivity contribution in [1.82, 2.24) is 0 Å². The molecule has 0 aliphatic carbocycles. The molecule has 0 unspecified atom stereocenters. The maximum Gasteiger partial charge on any atom is 0.0462 e. The van der Waals surface area contributed by atoms with Gasteiger partial charge in [0.05, 0.1) is 0 Å². The molecule has 0 amide bonds. The van der Waals surface area contributed by atoms with Crippen molar-refractivity contribution in [2.45, 2.75) is 0 Å². The monoisotopic (exact) mass is 599 g/mol. The number of anilines is 3. The second-order valence-corrected chi connectivity index (χ2v) is 11.8. The number of para-hydroxylation sites is 1. The smallest absolute Gasteiger partial charge is 0.0462 e. The van der Waals surface area contributed by atoms with E-state index in [2.05, 4.69) is 205 Å². The summed E-state index contributed by atoms with van der Waals surface area (Å²) in [4.78, 5) is 2.32. The Kier molecular flexibility index (Phi) is 7.63. The highest BCUT2D eigenvalue weighted by molar-refractivity contribution is 5.96. The van der Waals surface area contributed by atoms with Crippen LogP contribution in [0.15, 0.2) is 200 Å². The zero-order valence-corrected chi connectivity index (χ0v) is 26.0. The fourth-order valence-electron chi connectivity index (χ4n) is 6.44. The van der Waals surface area contributed by atoms with Crippen molar-refractivity contribution in [3.05, 3.63) is 200 Å². The van der Waals surface area contributed by atoms with E-state index >= 15 is 0 Å². The van der Waals surface area contributed by atoms with Crippen LogP contribution >= 0.6 is 0 Å². The molecular formula is C46H33N. The molecule has 0 atom stereocenters. The first-order chi connectivity index (χ1) is 23.3. The summed E-state index contributed by atoms with van der Waals surface area (Å²) < 4.78 is 0. The van der Waals surface area contributed by atoms with Crippen molar-refractivity contribution in [2.75, 3.05) is 4.90 Å². The van der Waals surface area contributed by atoms with E-state index in [9.17, 15) is 0 Å². The quantitative estimate of drug-likeness (QED) is 0.176. The van der Waals surface area contributed by atoms with Crippen molar-refractivity contribution in [2.24, 2.45) is 0 Å². The normalized spacial score (nSPS) is 11.0. The summed E-state index contributed by atoms with van der Waals surface area (Å²) in [6.07, 6.45) is 0. The van der Waals surface area contributed by atoms with Crippen molar-refractivity contribution >= 4 is 27.8 Å². The van der Waals surface area contributed by atoms with Crippen molar-refractivity contribution in [3.63, 3.8) is 0 Å². The highest BCUT2D eigenvalue weighted by Crippen LogP contribution is 2.39. The van der Waals surface area contributed by atoms with Crippen LogP contribution in [0.25, 0.3) is 55.3 Å². The van der Waals surface area contributed by atoms with Gasteiger partial charge in [0, 0.05) is 17.1 Å². The van der Waals surface area contributed by atoms with Crippen molar-refractivity contribution in [3.8, 4) is 44.5 Å². The number of fused-ring (bicyclic) bond motifs is 1. The Labute approximate surface area is 276 Å². The summed E-state index contributed by atoms with van der Waals surface area (Å²) in [5.74, 6) is 0. The van der Waals surface area contributed by atoms with Crippen LogP contribution in [0.2, 0.25) is 0 Å². The molecule has 0 spiro atoms. The average molecular weight is 600 g/mol. The Bertz CT molecular complexity index is 2240. The summed E-state index contributed by atoms with van der Waals surface area (Å²) in [6, 6.07) is 71.8. The van der Waals surface area contributed by atoms with E-state index in [1.54, 1.807) is 0 Å². The van der Waals surface area contributed by atoms with Gasteiger partial charge in [-0.15, -0.1) is 0 Å². The molecule has 8 aromatic carbocycles. The van der Waals surface area contributed by atoms with Gasteiger partial charge in [-0.2, -0.15) is 0 Å². The van der Waals surface area contributed by atoms with Crippen LogP contribution in [0.4, 0.5) is 17.1 Å². The van der Waals surface area contributed by atoms with Gasteiger partial charge in [0.2, 0.25) is 0 Å². The third-order valence-electron chi connectivity index (χ3n) is 8.87. The lowest BCUT2D eigenvalue weighted by atomic mass is 9.91. The van der Waals surface area contributed by atoms with Gasteiger partial charge in [-0.05, 0) is 104 Å². The highest BCUT2D eigenvalue weighted by atomic mass is 15.1. The third kappa shape index (κ3) is 5.83. The van der Waals surface area contributed by atoms with E-state index < -0.39 is 0 Å². The van der Waals surface area contributed by atoms with E-state index in [4.69, 9.17) is 0 Å². The lowest BCUT2D eigenvalue weighted by Gasteiger charge is -2.26. The van der Waals surface area contributed by atoms with Crippen LogP contribution in [0.5, 0.6) is 0 Å². The molecule has 1 nitrogen and oxygen atoms in total. The summed E-state index contributed by atoms with van der Waals surface area (Å²) in [7, 11) is 0. The molecule has 0 heterocycles. The molecule has 0 saturated carbocycles. The second-order valence-electron chi connectivity index (χ2n) is 11.8.